The van der Waals surface area contributed by atoms with Crippen LogP contribution in [-0.4, -0.2) is 5.78 Å². The largest absolute Gasteiger partial charge is 0.416 e. The number of hydrogen-bond acceptors (Lipinski definition) is 1. The highest BCUT2D eigenvalue weighted by molar-refractivity contribution is 5.85. The molecule has 0 heterocycles. The molecule has 0 amide bonds. The predicted molar refractivity (Wildman–Crippen MR) is 125 cm³/mol. The molecular formula is C28H26F6O. The predicted octanol–water partition coefficient (Wildman–Crippen LogP) is 9.09. The molecule has 3 aromatic rings. The fraction of sp³-hybridized carbons (Fsp3) is 0.321. The van der Waals surface area contributed by atoms with E-state index in [1.54, 1.807) is 31.2 Å². The molecule has 1 unspecified atom stereocenters. The van der Waals surface area contributed by atoms with Gasteiger partial charge in [0.15, 0.2) is 0 Å². The molecule has 0 aliphatic carbocycles. The summed E-state index contributed by atoms with van der Waals surface area (Å²) in [5.74, 6) is -0.401. The zero-order valence-electron chi connectivity index (χ0n) is 19.8. The van der Waals surface area contributed by atoms with E-state index in [0.717, 1.165) is 24.3 Å². The van der Waals surface area contributed by atoms with Gasteiger partial charge in [-0.15, -0.1) is 0 Å². The van der Waals surface area contributed by atoms with Crippen LogP contribution in [0.4, 0.5) is 26.3 Å². The van der Waals surface area contributed by atoms with Crippen molar-refractivity contribution in [1.29, 1.82) is 0 Å². The van der Waals surface area contributed by atoms with Crippen molar-refractivity contribution in [1.82, 2.24) is 0 Å². The number of rotatable bonds is 6. The SMILES string of the molecule is CC(=O)C(CC(C)C)c1cc(-c2ccc(C(F)(F)F)cc2)cc(-c2cc(C)cc(C(F)(F)F)c2)c1. The average molecular weight is 493 g/mol. The molecule has 0 saturated carbocycles. The van der Waals surface area contributed by atoms with Crippen LogP contribution < -0.4 is 0 Å². The standard InChI is InChI=1S/C28H26F6O/c1-16(2)9-26(18(4)35)23-13-21(19-5-7-24(8-6-19)27(29,30)31)12-22(14-23)20-10-17(3)11-25(15-20)28(32,33)34/h5-8,10-16,26H,9H2,1-4H3. The molecule has 1 nitrogen and oxygen atoms in total. The molecule has 3 aromatic carbocycles. The van der Waals surface area contributed by atoms with Crippen molar-refractivity contribution < 1.29 is 31.1 Å². The number of Topliss-reactive ketones (excluding diaryl/α,β-unsaturated/α-hetero) is 1. The van der Waals surface area contributed by atoms with Gasteiger partial charge in [0.1, 0.15) is 5.78 Å². The minimum atomic E-state index is -4.53. The third kappa shape index (κ3) is 6.53. The summed E-state index contributed by atoms with van der Waals surface area (Å²) in [7, 11) is 0. The number of ketones is 1. The molecule has 0 aliphatic heterocycles. The quantitative estimate of drug-likeness (QED) is 0.314. The maximum absolute atomic E-state index is 13.5. The van der Waals surface area contributed by atoms with Gasteiger partial charge in [0.05, 0.1) is 11.1 Å². The van der Waals surface area contributed by atoms with Crippen LogP contribution in [0.3, 0.4) is 0 Å². The van der Waals surface area contributed by atoms with E-state index in [9.17, 15) is 31.1 Å². The average Bonchev–Trinajstić information content (AvgIpc) is 2.75. The monoisotopic (exact) mass is 492 g/mol. The topological polar surface area (TPSA) is 17.1 Å². The van der Waals surface area contributed by atoms with Gasteiger partial charge in [-0.3, -0.25) is 4.79 Å². The first-order valence-corrected chi connectivity index (χ1v) is 11.2. The van der Waals surface area contributed by atoms with Gasteiger partial charge in [-0.25, -0.2) is 0 Å². The normalized spacial score (nSPS) is 13.2. The minimum absolute atomic E-state index is 0.0885. The van der Waals surface area contributed by atoms with E-state index >= 15 is 0 Å². The van der Waals surface area contributed by atoms with Crippen molar-refractivity contribution in [2.24, 2.45) is 5.92 Å². The number of aryl methyl sites for hydroxylation is 1. The van der Waals surface area contributed by atoms with Crippen molar-refractivity contribution in [3.05, 3.63) is 82.9 Å². The van der Waals surface area contributed by atoms with Crippen LogP contribution in [0, 0.1) is 12.8 Å². The molecule has 0 N–H and O–H groups in total. The first-order valence-electron chi connectivity index (χ1n) is 11.2. The van der Waals surface area contributed by atoms with E-state index in [0.29, 0.717) is 39.8 Å². The fourth-order valence-electron chi connectivity index (χ4n) is 4.16. The van der Waals surface area contributed by atoms with Crippen LogP contribution in [0.5, 0.6) is 0 Å². The second-order valence-corrected chi connectivity index (χ2v) is 9.30. The molecule has 186 valence electrons. The summed E-state index contributed by atoms with van der Waals surface area (Å²) >= 11 is 0. The molecule has 7 heteroatoms. The molecule has 0 aromatic heterocycles. The van der Waals surface area contributed by atoms with E-state index in [4.69, 9.17) is 0 Å². The highest BCUT2D eigenvalue weighted by Gasteiger charge is 2.32. The van der Waals surface area contributed by atoms with Crippen LogP contribution >= 0.6 is 0 Å². The third-order valence-electron chi connectivity index (χ3n) is 5.84. The first-order chi connectivity index (χ1) is 16.1. The molecule has 0 bridgehead atoms. The van der Waals surface area contributed by atoms with Crippen molar-refractivity contribution in [2.75, 3.05) is 0 Å². The van der Waals surface area contributed by atoms with E-state index < -0.39 is 29.4 Å². The van der Waals surface area contributed by atoms with E-state index in [1.807, 2.05) is 13.8 Å². The first kappa shape index (κ1) is 26.5. The smallest absolute Gasteiger partial charge is 0.299 e. The Morgan fingerprint density at radius 1 is 0.714 bits per heavy atom. The lowest BCUT2D eigenvalue weighted by Gasteiger charge is -2.20. The molecule has 35 heavy (non-hydrogen) atoms. The lowest BCUT2D eigenvalue weighted by molar-refractivity contribution is -0.138. The number of hydrogen-bond donors (Lipinski definition) is 0. The van der Waals surface area contributed by atoms with Gasteiger partial charge in [0, 0.05) is 5.92 Å². The Hall–Kier alpha value is -3.09. The van der Waals surface area contributed by atoms with E-state index in [-0.39, 0.29) is 11.7 Å². The highest BCUT2D eigenvalue weighted by Crippen LogP contribution is 2.38. The van der Waals surface area contributed by atoms with Crippen LogP contribution in [0.25, 0.3) is 22.3 Å². The van der Waals surface area contributed by atoms with E-state index in [1.165, 1.54) is 19.1 Å². The Morgan fingerprint density at radius 3 is 1.71 bits per heavy atom. The number of carbonyl (C=O) groups excluding carboxylic acids is 1. The summed E-state index contributed by atoms with van der Waals surface area (Å²) in [6.45, 7) is 6.96. The van der Waals surface area contributed by atoms with Crippen LogP contribution in [0.15, 0.2) is 60.7 Å². The second kappa shape index (κ2) is 9.88. The van der Waals surface area contributed by atoms with Gasteiger partial charge in [-0.2, -0.15) is 26.3 Å². The molecule has 0 radical (unpaired) electrons. The van der Waals surface area contributed by atoms with E-state index in [2.05, 4.69) is 0 Å². The molecule has 1 atom stereocenters. The second-order valence-electron chi connectivity index (χ2n) is 9.30. The Balaban J connectivity index is 2.23. The summed E-state index contributed by atoms with van der Waals surface area (Å²) in [5, 5.41) is 0. The lowest BCUT2D eigenvalue weighted by atomic mass is 9.84. The van der Waals surface area contributed by atoms with Gasteiger partial charge in [0.25, 0.3) is 0 Å². The zero-order valence-corrected chi connectivity index (χ0v) is 19.8. The van der Waals surface area contributed by atoms with Crippen LogP contribution in [-0.2, 0) is 17.1 Å². The number of carbonyl (C=O) groups is 1. The van der Waals surface area contributed by atoms with Gasteiger partial charge >= 0.3 is 12.4 Å². The van der Waals surface area contributed by atoms with Crippen molar-refractivity contribution in [2.45, 2.75) is 52.4 Å². The fourth-order valence-corrected chi connectivity index (χ4v) is 4.16. The van der Waals surface area contributed by atoms with Crippen molar-refractivity contribution >= 4 is 5.78 Å². The molecular weight excluding hydrogens is 466 g/mol. The summed E-state index contributed by atoms with van der Waals surface area (Å²) in [4.78, 5) is 12.5. The Bertz CT molecular complexity index is 1200. The van der Waals surface area contributed by atoms with Crippen LogP contribution in [0.2, 0.25) is 0 Å². The van der Waals surface area contributed by atoms with Crippen molar-refractivity contribution in [3.8, 4) is 22.3 Å². The highest BCUT2D eigenvalue weighted by atomic mass is 19.4. The number of alkyl halides is 6. The summed E-state index contributed by atoms with van der Waals surface area (Å²) in [6.07, 6.45) is -8.49. The Kier molecular flexibility index (Phi) is 7.48. The summed E-state index contributed by atoms with van der Waals surface area (Å²) in [5.41, 5.74) is 1.22. The molecule has 3 rings (SSSR count). The zero-order chi connectivity index (χ0) is 26.1. The van der Waals surface area contributed by atoms with Gasteiger partial charge in [-0.05, 0) is 89.9 Å². The minimum Gasteiger partial charge on any atom is -0.299 e. The lowest BCUT2D eigenvalue weighted by Crippen LogP contribution is -2.12. The Labute approximate surface area is 200 Å². The van der Waals surface area contributed by atoms with Crippen LogP contribution in [0.1, 0.15) is 55.4 Å². The molecule has 0 fully saturated rings. The molecule has 0 aliphatic rings. The molecule has 0 spiro atoms. The van der Waals surface area contributed by atoms with Gasteiger partial charge < -0.3 is 0 Å². The van der Waals surface area contributed by atoms with Gasteiger partial charge in [-0.1, -0.05) is 44.2 Å². The number of halogens is 6. The maximum atomic E-state index is 13.5. The molecule has 0 saturated heterocycles. The maximum Gasteiger partial charge on any atom is 0.416 e. The van der Waals surface area contributed by atoms with Crippen molar-refractivity contribution in [3.63, 3.8) is 0 Å². The Morgan fingerprint density at radius 2 is 1.23 bits per heavy atom. The summed E-state index contributed by atoms with van der Waals surface area (Å²) < 4.78 is 79.5. The third-order valence-corrected chi connectivity index (χ3v) is 5.84. The summed E-state index contributed by atoms with van der Waals surface area (Å²) in [6, 6.07) is 13.4. The van der Waals surface area contributed by atoms with Gasteiger partial charge in [0.2, 0.25) is 0 Å². The number of benzene rings is 3.